The second kappa shape index (κ2) is 9.09. The van der Waals surface area contributed by atoms with Crippen LogP contribution in [0.2, 0.25) is 0 Å². The number of hydrogen-bond donors (Lipinski definition) is 0. The van der Waals surface area contributed by atoms with Crippen molar-refractivity contribution in [1.29, 1.82) is 0 Å². The molecule has 0 spiro atoms. The third-order valence-corrected chi connectivity index (χ3v) is 4.48. The molecule has 0 bridgehead atoms. The van der Waals surface area contributed by atoms with Crippen molar-refractivity contribution in [3.63, 3.8) is 0 Å². The molecule has 0 amide bonds. The largest absolute Gasteiger partial charge is 0.385 e. The molecule has 235 valence electrons. The van der Waals surface area contributed by atoms with E-state index in [9.17, 15) is 114 Å². The summed E-state index contributed by atoms with van der Waals surface area (Å²) in [7, 11) is 0. The fourth-order valence-corrected chi connectivity index (χ4v) is 2.04. The Morgan fingerprint density at radius 1 is 0.308 bits per heavy atom. The number of halogens is 26. The van der Waals surface area contributed by atoms with Gasteiger partial charge in [-0.1, -0.05) is 0 Å². The molecular weight excluding hydrogens is 650 g/mol. The van der Waals surface area contributed by atoms with Crippen LogP contribution in [0.5, 0.6) is 0 Å². The van der Waals surface area contributed by atoms with Crippen molar-refractivity contribution in [2.24, 2.45) is 0 Å². The Balaban J connectivity index is 7.29. The van der Waals surface area contributed by atoms with Gasteiger partial charge in [0, 0.05) is 0 Å². The van der Waals surface area contributed by atoms with Crippen LogP contribution in [0.25, 0.3) is 0 Å². The highest BCUT2D eigenvalue weighted by Crippen LogP contribution is 2.67. The van der Waals surface area contributed by atoms with Crippen LogP contribution in [-0.2, 0) is 0 Å². The zero-order chi connectivity index (χ0) is 32.7. The minimum atomic E-state index is -9.63. The van der Waals surface area contributed by atoms with Crippen molar-refractivity contribution in [2.75, 3.05) is 0 Å². The molecule has 0 N–H and O–H groups in total. The standard InChI is InChI=1S/C13HF26/c14-1(15)3(18,19)5(22,23)7(26,27)9(30,31)11(34,35)13(38,39)12(36,37)10(32,33)8(28,29)6(24,25)4(20,21)2(16)17/h1H. The lowest BCUT2D eigenvalue weighted by molar-refractivity contribution is -0.476. The van der Waals surface area contributed by atoms with Crippen LogP contribution in [-0.4, -0.2) is 71.6 Å². The van der Waals surface area contributed by atoms with Gasteiger partial charge >= 0.3 is 78.0 Å². The summed E-state index contributed by atoms with van der Waals surface area (Å²) in [6, 6.07) is 0. The van der Waals surface area contributed by atoms with Crippen LogP contribution >= 0.6 is 0 Å². The summed E-state index contributed by atoms with van der Waals surface area (Å²) in [5, 5.41) is 0. The summed E-state index contributed by atoms with van der Waals surface area (Å²) < 4.78 is 336. The molecule has 0 aromatic rings. The molecule has 0 atom stereocenters. The molecule has 0 rings (SSSR count). The first kappa shape index (κ1) is 37.2. The van der Waals surface area contributed by atoms with E-state index in [1.807, 2.05) is 0 Å². The Kier molecular flexibility index (Phi) is 8.67. The zero-order valence-corrected chi connectivity index (χ0v) is 16.4. The monoisotopic (exact) mass is 651 g/mol. The summed E-state index contributed by atoms with van der Waals surface area (Å²) in [6.45, 7) is 0. The fourth-order valence-electron chi connectivity index (χ4n) is 2.04. The quantitative estimate of drug-likeness (QED) is 0.186. The smallest absolute Gasteiger partial charge is 0.203 e. The fraction of sp³-hybridized carbons (Fsp3) is 0.923. The second-order valence-corrected chi connectivity index (χ2v) is 6.93. The molecule has 0 aliphatic heterocycles. The van der Waals surface area contributed by atoms with Crippen molar-refractivity contribution in [3.05, 3.63) is 6.43 Å². The van der Waals surface area contributed by atoms with Gasteiger partial charge in [0.25, 0.3) is 0 Å². The molecule has 0 saturated heterocycles. The number of hydrogen-bond acceptors (Lipinski definition) is 0. The Morgan fingerprint density at radius 3 is 0.667 bits per heavy atom. The Labute approximate surface area is 193 Å². The van der Waals surface area contributed by atoms with Crippen LogP contribution in [0.15, 0.2) is 0 Å². The summed E-state index contributed by atoms with van der Waals surface area (Å²) >= 11 is 0. The molecule has 0 aliphatic rings. The SMILES string of the molecule is F[C](F)C(F)(F)C(F)(F)C(F)(F)C(F)(F)C(F)(F)C(F)(F)C(F)(F)C(F)(F)C(F)(F)C(F)(F)C(F)(F)C(F)F. The third kappa shape index (κ3) is 4.21. The van der Waals surface area contributed by atoms with E-state index in [-0.39, 0.29) is 0 Å². The summed E-state index contributed by atoms with van der Waals surface area (Å²) in [5.74, 6) is -99.6. The molecule has 0 unspecified atom stereocenters. The molecule has 0 aromatic heterocycles. The molecule has 0 aromatic carbocycles. The van der Waals surface area contributed by atoms with E-state index in [1.54, 1.807) is 0 Å². The van der Waals surface area contributed by atoms with Crippen LogP contribution in [0, 0.1) is 6.43 Å². The molecule has 0 fully saturated rings. The van der Waals surface area contributed by atoms with E-state index in [0.29, 0.717) is 0 Å². The van der Waals surface area contributed by atoms with Crippen molar-refractivity contribution < 1.29 is 114 Å². The van der Waals surface area contributed by atoms with Gasteiger partial charge in [-0.05, 0) is 0 Å². The predicted octanol–water partition coefficient (Wildman–Crippen LogP) is 8.67. The lowest BCUT2D eigenvalue weighted by Crippen LogP contribution is -2.78. The van der Waals surface area contributed by atoms with E-state index in [4.69, 9.17) is 0 Å². The average molecular weight is 651 g/mol. The van der Waals surface area contributed by atoms with Crippen LogP contribution in [0.1, 0.15) is 0 Å². The lowest BCUT2D eigenvalue weighted by atomic mass is 9.84. The van der Waals surface area contributed by atoms with E-state index in [0.717, 1.165) is 0 Å². The predicted molar refractivity (Wildman–Crippen MR) is 65.9 cm³/mol. The maximum absolute atomic E-state index is 13.4. The van der Waals surface area contributed by atoms with Gasteiger partial charge in [0.2, 0.25) is 0 Å². The molecular formula is C13HF26. The highest BCUT2D eigenvalue weighted by molar-refractivity contribution is 5.20. The highest BCUT2D eigenvalue weighted by atomic mass is 19.4. The van der Waals surface area contributed by atoms with Gasteiger partial charge in [-0.15, -0.1) is 0 Å². The summed E-state index contributed by atoms with van der Waals surface area (Å²) in [5.41, 5.74) is 0. The zero-order valence-electron chi connectivity index (χ0n) is 16.4. The van der Waals surface area contributed by atoms with E-state index < -0.39 is 78.0 Å². The summed E-state index contributed by atoms with van der Waals surface area (Å²) in [6.07, 6.45) is -11.7. The lowest BCUT2D eigenvalue weighted by Gasteiger charge is -2.45. The van der Waals surface area contributed by atoms with Crippen LogP contribution in [0.4, 0.5) is 114 Å². The average Bonchev–Trinajstić information content (AvgIpc) is 2.71. The Morgan fingerprint density at radius 2 is 0.487 bits per heavy atom. The minimum absolute atomic E-state index is 5.39. The molecule has 39 heavy (non-hydrogen) atoms. The Bertz CT molecular complexity index is 806. The van der Waals surface area contributed by atoms with Gasteiger partial charge in [0.1, 0.15) is 0 Å². The van der Waals surface area contributed by atoms with Gasteiger partial charge < -0.3 is 0 Å². The minimum Gasteiger partial charge on any atom is -0.203 e. The topological polar surface area (TPSA) is 0 Å². The molecule has 1 radical (unpaired) electrons. The normalized spacial score (nSPS) is 16.9. The van der Waals surface area contributed by atoms with Crippen molar-refractivity contribution in [2.45, 2.75) is 71.6 Å². The van der Waals surface area contributed by atoms with E-state index >= 15 is 0 Å². The number of rotatable bonds is 12. The maximum Gasteiger partial charge on any atom is 0.385 e. The van der Waals surface area contributed by atoms with Gasteiger partial charge in [0.15, 0.2) is 0 Å². The van der Waals surface area contributed by atoms with Crippen molar-refractivity contribution >= 4 is 0 Å². The van der Waals surface area contributed by atoms with E-state index in [1.165, 1.54) is 0 Å². The van der Waals surface area contributed by atoms with Crippen LogP contribution < -0.4 is 0 Å². The van der Waals surface area contributed by atoms with Gasteiger partial charge in [-0.2, -0.15) is 105 Å². The molecule has 26 heteroatoms. The third-order valence-electron chi connectivity index (χ3n) is 4.48. The van der Waals surface area contributed by atoms with Crippen molar-refractivity contribution in [3.8, 4) is 0 Å². The van der Waals surface area contributed by atoms with Crippen LogP contribution in [0.3, 0.4) is 0 Å². The molecule has 0 heterocycles. The first-order valence-electron chi connectivity index (χ1n) is 8.01. The first-order chi connectivity index (χ1) is 16.4. The highest BCUT2D eigenvalue weighted by Gasteiger charge is 2.99. The van der Waals surface area contributed by atoms with E-state index in [2.05, 4.69) is 0 Å². The maximum atomic E-state index is 13.4. The number of alkyl halides is 24. The molecule has 0 aliphatic carbocycles. The van der Waals surface area contributed by atoms with Gasteiger partial charge in [0.05, 0.1) is 0 Å². The molecule has 0 nitrogen and oxygen atoms in total. The molecule has 0 saturated carbocycles. The first-order valence-corrected chi connectivity index (χ1v) is 8.01. The van der Waals surface area contributed by atoms with Crippen molar-refractivity contribution in [1.82, 2.24) is 0 Å². The summed E-state index contributed by atoms with van der Waals surface area (Å²) in [4.78, 5) is 0. The Hall–Kier alpha value is -1.82. The van der Waals surface area contributed by atoms with Gasteiger partial charge in [-0.25, -0.2) is 8.78 Å². The van der Waals surface area contributed by atoms with Gasteiger partial charge in [-0.3, -0.25) is 0 Å². The second-order valence-electron chi connectivity index (χ2n) is 6.93.